The number of anilines is 2. The van der Waals surface area contributed by atoms with E-state index >= 15 is 0 Å². The lowest BCUT2D eigenvalue weighted by Gasteiger charge is -2.09. The topological polar surface area (TPSA) is 41.1 Å². The third-order valence-corrected chi connectivity index (χ3v) is 2.04. The molecule has 0 spiro atoms. The number of carbonyl (C=O) groups is 1. The van der Waals surface area contributed by atoms with E-state index in [9.17, 15) is 4.79 Å². The molecule has 0 bridgehead atoms. The highest BCUT2D eigenvalue weighted by molar-refractivity contribution is 5.92. The molecule has 15 heavy (non-hydrogen) atoms. The lowest BCUT2D eigenvalue weighted by Crippen LogP contribution is -2.17. The van der Waals surface area contributed by atoms with Gasteiger partial charge in [-0.1, -0.05) is 19.9 Å². The summed E-state index contributed by atoms with van der Waals surface area (Å²) in [4.78, 5) is 11.4. The molecule has 0 radical (unpaired) electrons. The Morgan fingerprint density at radius 2 is 2.00 bits per heavy atom. The maximum Gasteiger partial charge on any atom is 0.226 e. The summed E-state index contributed by atoms with van der Waals surface area (Å²) in [6, 6.07) is 7.73. The van der Waals surface area contributed by atoms with Crippen LogP contribution < -0.4 is 10.6 Å². The smallest absolute Gasteiger partial charge is 0.226 e. The summed E-state index contributed by atoms with van der Waals surface area (Å²) in [5.74, 6) is 0.0523. The van der Waals surface area contributed by atoms with Crippen LogP contribution in [0.5, 0.6) is 0 Å². The first-order valence-corrected chi connectivity index (χ1v) is 5.28. The van der Waals surface area contributed by atoms with E-state index in [1.165, 1.54) is 0 Å². The van der Waals surface area contributed by atoms with Crippen LogP contribution in [-0.4, -0.2) is 12.5 Å². The summed E-state index contributed by atoms with van der Waals surface area (Å²) in [6.07, 6.45) is 0. The Balaban J connectivity index is 2.69. The minimum Gasteiger partial charge on any atom is -0.385 e. The molecule has 1 amide bonds. The lowest BCUT2D eigenvalue weighted by atomic mass is 10.2. The first kappa shape index (κ1) is 11.6. The Morgan fingerprint density at radius 1 is 1.33 bits per heavy atom. The van der Waals surface area contributed by atoms with Gasteiger partial charge in [-0.05, 0) is 25.1 Å². The molecular weight excluding hydrogens is 188 g/mol. The summed E-state index contributed by atoms with van der Waals surface area (Å²) in [5.41, 5.74) is 1.87. The fourth-order valence-electron chi connectivity index (χ4n) is 1.20. The zero-order chi connectivity index (χ0) is 11.3. The molecule has 1 aromatic rings. The Labute approximate surface area is 90.9 Å². The molecule has 1 aromatic carbocycles. The number of amides is 1. The van der Waals surface area contributed by atoms with E-state index in [1.54, 1.807) is 0 Å². The van der Waals surface area contributed by atoms with E-state index in [2.05, 4.69) is 10.6 Å². The SMILES string of the molecule is CCNc1cccc(NC(=O)C(C)C)c1. The summed E-state index contributed by atoms with van der Waals surface area (Å²) in [5, 5.41) is 6.06. The Bertz CT molecular complexity index is 334. The average Bonchev–Trinajstić information content (AvgIpc) is 2.18. The minimum atomic E-state index is 0.00721. The Morgan fingerprint density at radius 3 is 2.60 bits per heavy atom. The van der Waals surface area contributed by atoms with Gasteiger partial charge in [0.05, 0.1) is 0 Å². The summed E-state index contributed by atoms with van der Waals surface area (Å²) >= 11 is 0. The van der Waals surface area contributed by atoms with Crippen molar-refractivity contribution < 1.29 is 4.79 Å². The normalized spacial score (nSPS) is 10.1. The zero-order valence-corrected chi connectivity index (χ0v) is 9.50. The van der Waals surface area contributed by atoms with Crippen molar-refractivity contribution in [3.05, 3.63) is 24.3 Å². The van der Waals surface area contributed by atoms with Gasteiger partial charge in [0.25, 0.3) is 0 Å². The van der Waals surface area contributed by atoms with Gasteiger partial charge in [0.15, 0.2) is 0 Å². The molecule has 0 aliphatic heterocycles. The van der Waals surface area contributed by atoms with Gasteiger partial charge in [0.1, 0.15) is 0 Å². The molecule has 0 unspecified atom stereocenters. The summed E-state index contributed by atoms with van der Waals surface area (Å²) in [7, 11) is 0. The predicted octanol–water partition coefficient (Wildman–Crippen LogP) is 2.71. The lowest BCUT2D eigenvalue weighted by molar-refractivity contribution is -0.118. The van der Waals surface area contributed by atoms with Crippen molar-refractivity contribution in [2.75, 3.05) is 17.2 Å². The van der Waals surface area contributed by atoms with Gasteiger partial charge in [-0.25, -0.2) is 0 Å². The van der Waals surface area contributed by atoms with Crippen molar-refractivity contribution >= 4 is 17.3 Å². The second-order valence-electron chi connectivity index (χ2n) is 3.76. The fourth-order valence-corrected chi connectivity index (χ4v) is 1.20. The molecule has 0 saturated carbocycles. The van der Waals surface area contributed by atoms with Gasteiger partial charge >= 0.3 is 0 Å². The summed E-state index contributed by atoms with van der Waals surface area (Å²) in [6.45, 7) is 6.67. The number of hydrogen-bond acceptors (Lipinski definition) is 2. The maximum atomic E-state index is 11.4. The van der Waals surface area contributed by atoms with Crippen LogP contribution in [0.25, 0.3) is 0 Å². The van der Waals surface area contributed by atoms with E-state index in [0.29, 0.717) is 0 Å². The number of rotatable bonds is 4. The van der Waals surface area contributed by atoms with E-state index in [-0.39, 0.29) is 11.8 Å². The van der Waals surface area contributed by atoms with E-state index < -0.39 is 0 Å². The second-order valence-corrected chi connectivity index (χ2v) is 3.76. The average molecular weight is 206 g/mol. The van der Waals surface area contributed by atoms with Gasteiger partial charge in [-0.15, -0.1) is 0 Å². The number of carbonyl (C=O) groups excluding carboxylic acids is 1. The number of benzene rings is 1. The van der Waals surface area contributed by atoms with Gasteiger partial charge in [-0.2, -0.15) is 0 Å². The molecule has 1 rings (SSSR count). The van der Waals surface area contributed by atoms with Gasteiger partial charge < -0.3 is 10.6 Å². The molecule has 0 aliphatic carbocycles. The van der Waals surface area contributed by atoms with Crippen molar-refractivity contribution in [1.29, 1.82) is 0 Å². The first-order chi connectivity index (χ1) is 7.13. The van der Waals surface area contributed by atoms with Gasteiger partial charge in [0.2, 0.25) is 5.91 Å². The number of nitrogens with one attached hydrogen (secondary N) is 2. The van der Waals surface area contributed by atoms with Crippen LogP contribution in [0.1, 0.15) is 20.8 Å². The monoisotopic (exact) mass is 206 g/mol. The molecule has 2 N–H and O–H groups in total. The fraction of sp³-hybridized carbons (Fsp3) is 0.417. The highest BCUT2D eigenvalue weighted by atomic mass is 16.1. The standard InChI is InChI=1S/C12H18N2O/c1-4-13-10-6-5-7-11(8-10)14-12(15)9(2)3/h5-9,13H,4H2,1-3H3,(H,14,15). The Hall–Kier alpha value is -1.51. The summed E-state index contributed by atoms with van der Waals surface area (Å²) < 4.78 is 0. The van der Waals surface area contributed by atoms with Crippen LogP contribution in [-0.2, 0) is 4.79 Å². The second kappa shape index (κ2) is 5.39. The van der Waals surface area contributed by atoms with Crippen LogP contribution in [0.15, 0.2) is 24.3 Å². The molecule has 82 valence electrons. The van der Waals surface area contributed by atoms with E-state index in [0.717, 1.165) is 17.9 Å². The van der Waals surface area contributed by atoms with Gasteiger partial charge in [-0.3, -0.25) is 4.79 Å². The predicted molar refractivity (Wildman–Crippen MR) is 64.1 cm³/mol. The van der Waals surface area contributed by atoms with E-state index in [1.807, 2.05) is 45.0 Å². The quantitative estimate of drug-likeness (QED) is 0.795. The molecule has 0 aliphatic rings. The molecule has 3 heteroatoms. The van der Waals surface area contributed by atoms with E-state index in [4.69, 9.17) is 0 Å². The largest absolute Gasteiger partial charge is 0.385 e. The third-order valence-electron chi connectivity index (χ3n) is 2.04. The Kier molecular flexibility index (Phi) is 4.16. The molecule has 3 nitrogen and oxygen atoms in total. The molecule has 0 atom stereocenters. The van der Waals surface area contributed by atoms with Crippen molar-refractivity contribution in [1.82, 2.24) is 0 Å². The van der Waals surface area contributed by atoms with Crippen molar-refractivity contribution in [2.45, 2.75) is 20.8 Å². The molecular formula is C12H18N2O. The van der Waals surface area contributed by atoms with Crippen LogP contribution in [0.2, 0.25) is 0 Å². The number of hydrogen-bond donors (Lipinski definition) is 2. The van der Waals surface area contributed by atoms with Crippen molar-refractivity contribution in [3.63, 3.8) is 0 Å². The van der Waals surface area contributed by atoms with Crippen LogP contribution in [0, 0.1) is 5.92 Å². The maximum absolute atomic E-state index is 11.4. The first-order valence-electron chi connectivity index (χ1n) is 5.28. The third kappa shape index (κ3) is 3.62. The van der Waals surface area contributed by atoms with Crippen LogP contribution in [0.4, 0.5) is 11.4 Å². The highest BCUT2D eigenvalue weighted by Gasteiger charge is 2.06. The zero-order valence-electron chi connectivity index (χ0n) is 9.50. The molecule has 0 aromatic heterocycles. The van der Waals surface area contributed by atoms with Crippen LogP contribution >= 0.6 is 0 Å². The minimum absolute atomic E-state index is 0.00721. The van der Waals surface area contributed by atoms with Gasteiger partial charge in [0, 0.05) is 23.8 Å². The van der Waals surface area contributed by atoms with Crippen LogP contribution in [0.3, 0.4) is 0 Å². The molecule has 0 heterocycles. The van der Waals surface area contributed by atoms with Crippen molar-refractivity contribution in [2.24, 2.45) is 5.92 Å². The highest BCUT2D eigenvalue weighted by Crippen LogP contribution is 2.15. The molecule has 0 saturated heterocycles. The van der Waals surface area contributed by atoms with Crippen molar-refractivity contribution in [3.8, 4) is 0 Å². The molecule has 0 fully saturated rings.